The van der Waals surface area contributed by atoms with Crippen LogP contribution < -0.4 is 5.56 Å². The minimum Gasteiger partial charge on any atom is -0.296 e. The van der Waals surface area contributed by atoms with Gasteiger partial charge in [-0.25, -0.2) is 21.8 Å². The summed E-state index contributed by atoms with van der Waals surface area (Å²) < 4.78 is 44.9. The number of aromatic nitrogens is 2. The Bertz CT molecular complexity index is 767. The number of aromatic amines is 1. The summed E-state index contributed by atoms with van der Waals surface area (Å²) in [6, 6.07) is 1.37. The Morgan fingerprint density at radius 2 is 1.71 bits per heavy atom. The van der Waals surface area contributed by atoms with Crippen LogP contribution in [0.25, 0.3) is 0 Å². The van der Waals surface area contributed by atoms with Gasteiger partial charge in [-0.05, 0) is 0 Å². The molecule has 0 spiro atoms. The Morgan fingerprint density at radius 3 is 2.06 bits per heavy atom. The first kappa shape index (κ1) is 13.3. The molecule has 0 saturated carbocycles. The third kappa shape index (κ3) is 2.69. The third-order valence-electron chi connectivity index (χ3n) is 1.68. The van der Waals surface area contributed by atoms with E-state index in [4.69, 9.17) is 5.26 Å². The van der Waals surface area contributed by atoms with Gasteiger partial charge in [-0.2, -0.15) is 5.26 Å². The van der Waals surface area contributed by atoms with Gasteiger partial charge in [0.25, 0.3) is 5.56 Å². The summed E-state index contributed by atoms with van der Waals surface area (Å²) in [5.74, 6) is 0. The molecule has 1 heterocycles. The van der Waals surface area contributed by atoms with Crippen molar-refractivity contribution < 1.29 is 16.8 Å². The van der Waals surface area contributed by atoms with Crippen LogP contribution in [-0.4, -0.2) is 39.3 Å². The average molecular weight is 277 g/mol. The summed E-state index contributed by atoms with van der Waals surface area (Å²) >= 11 is 0. The monoisotopic (exact) mass is 277 g/mol. The maximum atomic E-state index is 11.3. The Labute approximate surface area is 96.8 Å². The van der Waals surface area contributed by atoms with E-state index in [9.17, 15) is 21.6 Å². The quantitative estimate of drug-likeness (QED) is 0.510. The van der Waals surface area contributed by atoms with Crippen LogP contribution in [0.5, 0.6) is 0 Å². The Hall–Kier alpha value is -1.73. The fourth-order valence-electron chi connectivity index (χ4n) is 0.975. The van der Waals surface area contributed by atoms with E-state index in [-0.39, 0.29) is 0 Å². The zero-order valence-electron chi connectivity index (χ0n) is 8.75. The summed E-state index contributed by atoms with van der Waals surface area (Å²) in [5.41, 5.74) is -1.84. The highest BCUT2D eigenvalue weighted by Gasteiger charge is 2.23. The van der Waals surface area contributed by atoms with Crippen LogP contribution in [0.4, 0.5) is 0 Å². The lowest BCUT2D eigenvalue weighted by Gasteiger charge is -2.02. The topological polar surface area (TPSA) is 138 Å². The van der Waals surface area contributed by atoms with Crippen LogP contribution in [0, 0.1) is 11.3 Å². The molecule has 1 rings (SSSR count). The van der Waals surface area contributed by atoms with E-state index < -0.39 is 41.0 Å². The van der Waals surface area contributed by atoms with Crippen molar-refractivity contribution in [3.63, 3.8) is 0 Å². The predicted molar refractivity (Wildman–Crippen MR) is 55.8 cm³/mol. The summed E-state index contributed by atoms with van der Waals surface area (Å²) in [4.78, 5) is 16.5. The predicted octanol–water partition coefficient (Wildman–Crippen LogP) is -1.55. The molecule has 0 unspecified atom stereocenters. The van der Waals surface area contributed by atoms with Crippen LogP contribution in [0.3, 0.4) is 0 Å². The second-order valence-electron chi connectivity index (χ2n) is 3.21. The second-order valence-corrected chi connectivity index (χ2v) is 7.07. The molecule has 0 saturated heterocycles. The molecule has 0 radical (unpaired) electrons. The summed E-state index contributed by atoms with van der Waals surface area (Å²) in [6.45, 7) is 0. The first-order chi connectivity index (χ1) is 7.57. The fraction of sp³-hybridized carbons (Fsp3) is 0.286. The van der Waals surface area contributed by atoms with Crippen molar-refractivity contribution in [1.29, 1.82) is 5.26 Å². The van der Waals surface area contributed by atoms with Crippen molar-refractivity contribution in [1.82, 2.24) is 9.97 Å². The molecule has 1 aromatic heterocycles. The Balaban J connectivity index is 3.90. The van der Waals surface area contributed by atoms with E-state index in [1.165, 1.54) is 6.07 Å². The molecule has 0 aromatic carbocycles. The molecule has 17 heavy (non-hydrogen) atoms. The lowest BCUT2D eigenvalue weighted by atomic mass is 10.4. The summed E-state index contributed by atoms with van der Waals surface area (Å²) in [6.07, 6.45) is 1.48. The van der Waals surface area contributed by atoms with Crippen molar-refractivity contribution in [2.45, 2.75) is 10.2 Å². The van der Waals surface area contributed by atoms with Crippen molar-refractivity contribution in [2.24, 2.45) is 0 Å². The number of hydrogen-bond donors (Lipinski definition) is 1. The molecule has 0 atom stereocenters. The number of nitriles is 1. The van der Waals surface area contributed by atoms with Crippen LogP contribution in [0.15, 0.2) is 15.0 Å². The van der Waals surface area contributed by atoms with Gasteiger partial charge in [-0.3, -0.25) is 9.78 Å². The maximum Gasteiger partial charge on any atom is 0.271 e. The number of rotatable bonds is 2. The molecule has 1 aromatic rings. The van der Waals surface area contributed by atoms with Crippen molar-refractivity contribution in [3.8, 4) is 6.07 Å². The van der Waals surface area contributed by atoms with Gasteiger partial charge in [0.2, 0.25) is 15.0 Å². The molecule has 0 aliphatic rings. The third-order valence-corrected chi connectivity index (χ3v) is 3.57. The van der Waals surface area contributed by atoms with Crippen molar-refractivity contribution in [3.05, 3.63) is 15.9 Å². The van der Waals surface area contributed by atoms with Crippen LogP contribution in [-0.2, 0) is 19.7 Å². The lowest BCUT2D eigenvalue weighted by Crippen LogP contribution is -2.22. The minimum absolute atomic E-state index is 0.724. The number of hydrogen-bond acceptors (Lipinski definition) is 7. The normalized spacial score (nSPS) is 12.1. The smallest absolute Gasteiger partial charge is 0.271 e. The molecule has 1 N–H and O–H groups in total. The highest BCUT2D eigenvalue weighted by atomic mass is 32.2. The van der Waals surface area contributed by atoms with E-state index in [0.717, 1.165) is 12.5 Å². The van der Waals surface area contributed by atoms with Gasteiger partial charge in [-0.15, -0.1) is 0 Å². The van der Waals surface area contributed by atoms with Crippen molar-refractivity contribution in [2.75, 3.05) is 12.5 Å². The summed E-state index contributed by atoms with van der Waals surface area (Å²) in [7, 11) is -7.84. The fourth-order valence-corrected chi connectivity index (χ4v) is 2.33. The highest BCUT2D eigenvalue weighted by Crippen LogP contribution is 2.10. The van der Waals surface area contributed by atoms with Gasteiger partial charge in [0.1, 0.15) is 6.07 Å². The lowest BCUT2D eigenvalue weighted by molar-refractivity contribution is 0.583. The largest absolute Gasteiger partial charge is 0.296 e. The van der Waals surface area contributed by atoms with Gasteiger partial charge in [0.05, 0.1) is 0 Å². The van der Waals surface area contributed by atoms with Crippen LogP contribution >= 0.6 is 0 Å². The first-order valence-electron chi connectivity index (χ1n) is 4.02. The minimum atomic E-state index is -3.97. The molecule has 0 amide bonds. The number of nitrogens with one attached hydrogen (secondary N) is 1. The van der Waals surface area contributed by atoms with E-state index in [2.05, 4.69) is 4.98 Å². The standard InChI is InChI=1S/C7H7N3O5S2/c1-16(12,13)6-4(3-8)5(11)9-7(10-6)17(2,14)15/h1-2H3,(H,9,10,11). The number of nitrogens with zero attached hydrogens (tertiary/aromatic N) is 2. The second kappa shape index (κ2) is 3.94. The maximum absolute atomic E-state index is 11.3. The molecular weight excluding hydrogens is 270 g/mol. The first-order valence-corrected chi connectivity index (χ1v) is 7.80. The number of H-pyrrole nitrogens is 1. The van der Waals surface area contributed by atoms with E-state index >= 15 is 0 Å². The molecule has 8 nitrogen and oxygen atoms in total. The van der Waals surface area contributed by atoms with Crippen LogP contribution in [0.2, 0.25) is 0 Å². The number of sulfone groups is 2. The van der Waals surface area contributed by atoms with E-state index in [1.54, 1.807) is 0 Å². The Kier molecular flexibility index (Phi) is 3.09. The van der Waals surface area contributed by atoms with Gasteiger partial charge in [-0.1, -0.05) is 0 Å². The van der Waals surface area contributed by atoms with Gasteiger partial charge in [0, 0.05) is 12.5 Å². The zero-order valence-corrected chi connectivity index (χ0v) is 10.4. The molecule has 10 heteroatoms. The molecule has 0 bridgehead atoms. The van der Waals surface area contributed by atoms with Gasteiger partial charge >= 0.3 is 0 Å². The van der Waals surface area contributed by atoms with Crippen LogP contribution in [0.1, 0.15) is 5.56 Å². The highest BCUT2D eigenvalue weighted by molar-refractivity contribution is 7.91. The zero-order chi connectivity index (χ0) is 13.4. The average Bonchev–Trinajstić information content (AvgIpc) is 2.13. The van der Waals surface area contributed by atoms with Gasteiger partial charge in [0.15, 0.2) is 20.4 Å². The molecule has 0 aliphatic heterocycles. The molecular formula is C7H7N3O5S2. The van der Waals surface area contributed by atoms with E-state index in [0.29, 0.717) is 0 Å². The summed E-state index contributed by atoms with van der Waals surface area (Å²) in [5, 5.41) is 7.00. The molecule has 92 valence electrons. The molecule has 0 fully saturated rings. The van der Waals surface area contributed by atoms with E-state index in [1.807, 2.05) is 4.98 Å². The Morgan fingerprint density at radius 1 is 1.18 bits per heavy atom. The molecule has 0 aliphatic carbocycles. The SMILES string of the molecule is CS(=O)(=O)c1nc(S(C)(=O)=O)c(C#N)c(=O)[nH]1. The van der Waals surface area contributed by atoms with Gasteiger partial charge < -0.3 is 0 Å². The van der Waals surface area contributed by atoms with Crippen molar-refractivity contribution >= 4 is 19.7 Å².